The van der Waals surface area contributed by atoms with Crippen molar-refractivity contribution in [3.63, 3.8) is 0 Å². The second-order valence-corrected chi connectivity index (χ2v) is 8.60. The van der Waals surface area contributed by atoms with Crippen molar-refractivity contribution >= 4 is 27.3 Å². The molecule has 0 saturated carbocycles. The topological polar surface area (TPSA) is 63.7 Å². The molecule has 1 aromatic heterocycles. The first-order valence-electron chi connectivity index (χ1n) is 7.48. The van der Waals surface area contributed by atoms with E-state index in [1.165, 1.54) is 33.8 Å². The van der Waals surface area contributed by atoms with Crippen LogP contribution in [0.3, 0.4) is 0 Å². The van der Waals surface area contributed by atoms with E-state index in [4.69, 9.17) is 4.74 Å². The van der Waals surface area contributed by atoms with E-state index in [1.807, 2.05) is 0 Å². The lowest BCUT2D eigenvalue weighted by Gasteiger charge is -2.29. The van der Waals surface area contributed by atoms with Gasteiger partial charge in [-0.05, 0) is 36.4 Å². The molecule has 1 aliphatic rings. The fourth-order valence-corrected chi connectivity index (χ4v) is 5.21. The molecule has 0 bridgehead atoms. The summed E-state index contributed by atoms with van der Waals surface area (Å²) in [6.45, 7) is 0.534. The largest absolute Gasteiger partial charge is 0.426 e. The summed E-state index contributed by atoms with van der Waals surface area (Å²) < 4.78 is 44.9. The lowest BCUT2D eigenvalue weighted by atomic mass is 9.98. The summed E-state index contributed by atoms with van der Waals surface area (Å²) in [5.41, 5.74) is 0. The summed E-state index contributed by atoms with van der Waals surface area (Å²) in [6.07, 6.45) is 0.775. The molecule has 1 fully saturated rings. The molecule has 0 aliphatic carbocycles. The lowest BCUT2D eigenvalue weighted by Crippen LogP contribution is -2.40. The van der Waals surface area contributed by atoms with Crippen molar-refractivity contribution in [2.24, 2.45) is 5.92 Å². The van der Waals surface area contributed by atoms with Crippen molar-refractivity contribution in [1.82, 2.24) is 4.31 Å². The number of nitrogens with zero attached hydrogens (tertiary/aromatic N) is 1. The van der Waals surface area contributed by atoms with E-state index in [0.717, 1.165) is 6.07 Å². The number of carbonyl (C=O) groups is 1. The van der Waals surface area contributed by atoms with Crippen LogP contribution in [0.25, 0.3) is 0 Å². The summed E-state index contributed by atoms with van der Waals surface area (Å²) in [7, 11) is -3.48. The molecule has 128 valence electrons. The minimum absolute atomic E-state index is 0.161. The van der Waals surface area contributed by atoms with E-state index in [9.17, 15) is 17.6 Å². The highest BCUT2D eigenvalue weighted by atomic mass is 32.2. The monoisotopic (exact) mass is 369 g/mol. The Balaban J connectivity index is 1.60. The molecule has 0 N–H and O–H groups in total. The SMILES string of the molecule is O=C(Oc1cccc(F)c1)C1CCN(S(=O)(=O)c2cccs2)CC1. The van der Waals surface area contributed by atoms with Crippen LogP contribution in [0, 0.1) is 11.7 Å². The van der Waals surface area contributed by atoms with Crippen LogP contribution in [0.5, 0.6) is 5.75 Å². The van der Waals surface area contributed by atoms with Gasteiger partial charge in [-0.1, -0.05) is 12.1 Å². The second kappa shape index (κ2) is 7.00. The van der Waals surface area contributed by atoms with Gasteiger partial charge in [0.2, 0.25) is 0 Å². The zero-order chi connectivity index (χ0) is 17.2. The molecule has 1 saturated heterocycles. The standard InChI is InChI=1S/C16H16FNO4S2/c17-13-3-1-4-14(11-13)22-16(19)12-6-8-18(9-7-12)24(20,21)15-5-2-10-23-15/h1-5,10-12H,6-9H2. The summed E-state index contributed by atoms with van der Waals surface area (Å²) in [5, 5.41) is 1.72. The minimum atomic E-state index is -3.48. The Bertz CT molecular complexity index is 812. The number of sulfonamides is 1. The minimum Gasteiger partial charge on any atom is -0.426 e. The number of benzene rings is 1. The Kier molecular flexibility index (Phi) is 4.98. The molecule has 0 radical (unpaired) electrons. The highest BCUT2D eigenvalue weighted by molar-refractivity contribution is 7.91. The van der Waals surface area contributed by atoms with Crippen LogP contribution in [0.2, 0.25) is 0 Å². The van der Waals surface area contributed by atoms with E-state index in [0.29, 0.717) is 17.1 Å². The number of carbonyl (C=O) groups excluding carboxylic acids is 1. The Morgan fingerprint density at radius 3 is 2.58 bits per heavy atom. The van der Waals surface area contributed by atoms with Gasteiger partial charge in [-0.2, -0.15) is 4.31 Å². The number of rotatable bonds is 4. The smallest absolute Gasteiger partial charge is 0.314 e. The zero-order valence-electron chi connectivity index (χ0n) is 12.7. The summed E-state index contributed by atoms with van der Waals surface area (Å²) in [4.78, 5) is 12.2. The van der Waals surface area contributed by atoms with E-state index >= 15 is 0 Å². The zero-order valence-corrected chi connectivity index (χ0v) is 14.4. The average molecular weight is 369 g/mol. The molecule has 1 aromatic carbocycles. The van der Waals surface area contributed by atoms with Crippen LogP contribution in [-0.2, 0) is 14.8 Å². The van der Waals surface area contributed by atoms with Crippen LogP contribution in [0.15, 0.2) is 46.0 Å². The molecular formula is C16H16FNO4S2. The molecule has 3 rings (SSSR count). The number of esters is 1. The molecule has 1 aliphatic heterocycles. The van der Waals surface area contributed by atoms with Crippen molar-refractivity contribution in [1.29, 1.82) is 0 Å². The van der Waals surface area contributed by atoms with Crippen LogP contribution in [0.4, 0.5) is 4.39 Å². The van der Waals surface area contributed by atoms with Crippen LogP contribution >= 0.6 is 11.3 Å². The molecule has 8 heteroatoms. The molecule has 2 heterocycles. The summed E-state index contributed by atoms with van der Waals surface area (Å²) in [5.74, 6) is -1.15. The predicted molar refractivity (Wildman–Crippen MR) is 87.8 cm³/mol. The number of thiophene rings is 1. The maximum absolute atomic E-state index is 13.1. The lowest BCUT2D eigenvalue weighted by molar-refractivity contribution is -0.140. The van der Waals surface area contributed by atoms with Gasteiger partial charge in [0, 0.05) is 19.2 Å². The number of hydrogen-bond acceptors (Lipinski definition) is 5. The van der Waals surface area contributed by atoms with E-state index in [2.05, 4.69) is 0 Å². The van der Waals surface area contributed by atoms with Crippen molar-refractivity contribution < 1.29 is 22.3 Å². The van der Waals surface area contributed by atoms with Gasteiger partial charge in [0.05, 0.1) is 5.92 Å². The Morgan fingerprint density at radius 1 is 1.21 bits per heavy atom. The van der Waals surface area contributed by atoms with Gasteiger partial charge in [0.15, 0.2) is 0 Å². The fraction of sp³-hybridized carbons (Fsp3) is 0.312. The van der Waals surface area contributed by atoms with Gasteiger partial charge < -0.3 is 4.74 Å². The van der Waals surface area contributed by atoms with E-state index in [1.54, 1.807) is 17.5 Å². The van der Waals surface area contributed by atoms with Gasteiger partial charge in [0.1, 0.15) is 15.8 Å². The van der Waals surface area contributed by atoms with Crippen molar-refractivity contribution in [3.8, 4) is 5.75 Å². The van der Waals surface area contributed by atoms with Gasteiger partial charge >= 0.3 is 5.97 Å². The van der Waals surface area contributed by atoms with Crippen LogP contribution in [0.1, 0.15) is 12.8 Å². The molecule has 0 atom stereocenters. The average Bonchev–Trinajstić information content (AvgIpc) is 3.10. The third kappa shape index (κ3) is 3.66. The summed E-state index contributed by atoms with van der Waals surface area (Å²) >= 11 is 1.18. The molecular weight excluding hydrogens is 353 g/mol. The second-order valence-electron chi connectivity index (χ2n) is 5.49. The Morgan fingerprint density at radius 2 is 1.96 bits per heavy atom. The quantitative estimate of drug-likeness (QED) is 0.614. The van der Waals surface area contributed by atoms with Crippen LogP contribution in [-0.4, -0.2) is 31.8 Å². The summed E-state index contributed by atoms with van der Waals surface area (Å²) in [6, 6.07) is 8.66. The molecule has 0 unspecified atom stereocenters. The molecule has 0 spiro atoms. The van der Waals surface area contributed by atoms with Gasteiger partial charge in [-0.15, -0.1) is 11.3 Å². The Hall–Kier alpha value is -1.77. The van der Waals surface area contributed by atoms with E-state index < -0.39 is 21.8 Å². The normalized spacial score (nSPS) is 16.9. The molecule has 0 amide bonds. The third-order valence-electron chi connectivity index (χ3n) is 3.89. The number of ether oxygens (including phenoxy) is 1. The molecule has 2 aromatic rings. The first-order chi connectivity index (χ1) is 11.5. The number of halogens is 1. The van der Waals surface area contributed by atoms with Crippen LogP contribution < -0.4 is 4.74 Å². The predicted octanol–water partition coefficient (Wildman–Crippen LogP) is 2.89. The first kappa shape index (κ1) is 17.1. The Labute approximate surface area is 143 Å². The van der Waals surface area contributed by atoms with Crippen molar-refractivity contribution in [2.75, 3.05) is 13.1 Å². The van der Waals surface area contributed by atoms with Crippen molar-refractivity contribution in [2.45, 2.75) is 17.1 Å². The van der Waals surface area contributed by atoms with Gasteiger partial charge in [-0.25, -0.2) is 12.8 Å². The fourth-order valence-electron chi connectivity index (χ4n) is 2.60. The number of hydrogen-bond donors (Lipinski definition) is 0. The molecule has 24 heavy (non-hydrogen) atoms. The third-order valence-corrected chi connectivity index (χ3v) is 7.16. The highest BCUT2D eigenvalue weighted by Crippen LogP contribution is 2.27. The van der Waals surface area contributed by atoms with E-state index in [-0.39, 0.29) is 24.8 Å². The maximum Gasteiger partial charge on any atom is 0.314 e. The van der Waals surface area contributed by atoms with Crippen molar-refractivity contribution in [3.05, 3.63) is 47.6 Å². The maximum atomic E-state index is 13.1. The number of piperidine rings is 1. The van der Waals surface area contributed by atoms with Gasteiger partial charge in [-0.3, -0.25) is 4.79 Å². The highest BCUT2D eigenvalue weighted by Gasteiger charge is 2.33. The molecule has 5 nitrogen and oxygen atoms in total. The van der Waals surface area contributed by atoms with Gasteiger partial charge in [0.25, 0.3) is 10.0 Å². The first-order valence-corrected chi connectivity index (χ1v) is 9.80.